The summed E-state index contributed by atoms with van der Waals surface area (Å²) in [5.74, 6) is -0.0265. The van der Waals surface area contributed by atoms with Crippen LogP contribution in [-0.2, 0) is 4.79 Å². The molecule has 0 aromatic carbocycles. The minimum absolute atomic E-state index is 0. The van der Waals surface area contributed by atoms with E-state index in [0.717, 1.165) is 5.56 Å². The van der Waals surface area contributed by atoms with Crippen LogP contribution in [0, 0.1) is 0 Å². The van der Waals surface area contributed by atoms with E-state index in [0.29, 0.717) is 6.42 Å². The Morgan fingerprint density at radius 1 is 1.56 bits per heavy atom. The number of nitrogens with zero attached hydrogens (tertiary/aromatic N) is 1. The van der Waals surface area contributed by atoms with Gasteiger partial charge < -0.3 is 11.1 Å². The predicted octanol–water partition coefficient (Wildman–Crippen LogP) is 1.42. The summed E-state index contributed by atoms with van der Waals surface area (Å²) in [6, 6.07) is 3.66. The van der Waals surface area contributed by atoms with Crippen LogP contribution >= 0.6 is 12.4 Å². The SMILES string of the molecule is CC(N)CC(=O)NC(C)c1cccnc1.Cl. The monoisotopic (exact) mass is 243 g/mol. The number of rotatable bonds is 4. The average Bonchev–Trinajstić information content (AvgIpc) is 2.17. The number of hydrogen-bond acceptors (Lipinski definition) is 3. The number of aromatic nitrogens is 1. The first-order valence-corrected chi connectivity index (χ1v) is 5.04. The van der Waals surface area contributed by atoms with Crippen LogP contribution in [-0.4, -0.2) is 16.9 Å². The lowest BCUT2D eigenvalue weighted by atomic mass is 10.1. The number of carbonyl (C=O) groups excluding carboxylic acids is 1. The molecule has 1 heterocycles. The lowest BCUT2D eigenvalue weighted by molar-refractivity contribution is -0.122. The zero-order valence-electron chi connectivity index (χ0n) is 9.51. The van der Waals surface area contributed by atoms with Gasteiger partial charge in [0, 0.05) is 24.9 Å². The lowest BCUT2D eigenvalue weighted by Crippen LogP contribution is -2.31. The van der Waals surface area contributed by atoms with Gasteiger partial charge in [0.2, 0.25) is 5.91 Å². The van der Waals surface area contributed by atoms with E-state index in [4.69, 9.17) is 5.73 Å². The van der Waals surface area contributed by atoms with Crippen LogP contribution in [0.1, 0.15) is 31.9 Å². The van der Waals surface area contributed by atoms with E-state index in [9.17, 15) is 4.79 Å². The normalized spacial score (nSPS) is 13.4. The topological polar surface area (TPSA) is 68.0 Å². The van der Waals surface area contributed by atoms with E-state index in [1.54, 1.807) is 12.4 Å². The number of hydrogen-bond donors (Lipinski definition) is 2. The number of nitrogens with two attached hydrogens (primary N) is 1. The Morgan fingerprint density at radius 2 is 2.25 bits per heavy atom. The summed E-state index contributed by atoms with van der Waals surface area (Å²) in [5, 5.41) is 2.87. The number of carbonyl (C=O) groups is 1. The smallest absolute Gasteiger partial charge is 0.222 e. The van der Waals surface area contributed by atoms with E-state index < -0.39 is 0 Å². The molecule has 4 nitrogen and oxygen atoms in total. The van der Waals surface area contributed by atoms with E-state index >= 15 is 0 Å². The standard InChI is InChI=1S/C11H17N3O.ClH/c1-8(12)6-11(15)14-9(2)10-4-3-5-13-7-10;/h3-5,7-9H,6,12H2,1-2H3,(H,14,15);1H. The second kappa shape index (κ2) is 7.19. The number of amides is 1. The van der Waals surface area contributed by atoms with Gasteiger partial charge in [0.1, 0.15) is 0 Å². The molecule has 2 unspecified atom stereocenters. The van der Waals surface area contributed by atoms with Crippen LogP contribution in [0.3, 0.4) is 0 Å². The molecule has 1 aromatic heterocycles. The van der Waals surface area contributed by atoms with Gasteiger partial charge in [0.05, 0.1) is 6.04 Å². The van der Waals surface area contributed by atoms with Gasteiger partial charge in [-0.15, -0.1) is 12.4 Å². The zero-order valence-corrected chi connectivity index (χ0v) is 10.3. The molecule has 0 aliphatic heterocycles. The molecule has 0 bridgehead atoms. The maximum atomic E-state index is 11.4. The highest BCUT2D eigenvalue weighted by Crippen LogP contribution is 2.09. The minimum atomic E-state index is -0.105. The maximum Gasteiger partial charge on any atom is 0.222 e. The largest absolute Gasteiger partial charge is 0.349 e. The van der Waals surface area contributed by atoms with Crippen LogP contribution in [0.15, 0.2) is 24.5 Å². The summed E-state index contributed by atoms with van der Waals surface area (Å²) in [6.07, 6.45) is 3.81. The second-order valence-electron chi connectivity index (χ2n) is 3.76. The maximum absolute atomic E-state index is 11.4. The van der Waals surface area contributed by atoms with Gasteiger partial charge >= 0.3 is 0 Å². The van der Waals surface area contributed by atoms with Crippen LogP contribution in [0.25, 0.3) is 0 Å². The summed E-state index contributed by atoms with van der Waals surface area (Å²) in [7, 11) is 0. The van der Waals surface area contributed by atoms with Gasteiger partial charge in [-0.2, -0.15) is 0 Å². The van der Waals surface area contributed by atoms with Crippen molar-refractivity contribution in [1.29, 1.82) is 0 Å². The lowest BCUT2D eigenvalue weighted by Gasteiger charge is -2.14. The fourth-order valence-corrected chi connectivity index (χ4v) is 1.31. The second-order valence-corrected chi connectivity index (χ2v) is 3.76. The Labute approximate surface area is 102 Å². The fraction of sp³-hybridized carbons (Fsp3) is 0.455. The molecule has 2 atom stereocenters. The average molecular weight is 244 g/mol. The van der Waals surface area contributed by atoms with Crippen molar-refractivity contribution in [2.75, 3.05) is 0 Å². The van der Waals surface area contributed by atoms with Crippen LogP contribution in [0.2, 0.25) is 0 Å². The molecule has 90 valence electrons. The summed E-state index contributed by atoms with van der Waals surface area (Å²) < 4.78 is 0. The van der Waals surface area contributed by atoms with Crippen LogP contribution in [0.5, 0.6) is 0 Å². The van der Waals surface area contributed by atoms with Crippen molar-refractivity contribution in [2.24, 2.45) is 5.73 Å². The Morgan fingerprint density at radius 3 is 2.75 bits per heavy atom. The molecule has 0 radical (unpaired) electrons. The molecule has 0 saturated carbocycles. The molecule has 1 aromatic rings. The Hall–Kier alpha value is -1.13. The van der Waals surface area contributed by atoms with Gasteiger partial charge in [-0.3, -0.25) is 9.78 Å². The zero-order chi connectivity index (χ0) is 11.3. The molecule has 0 saturated heterocycles. The third kappa shape index (κ3) is 5.09. The van der Waals surface area contributed by atoms with E-state index in [1.807, 2.05) is 26.0 Å². The highest BCUT2D eigenvalue weighted by atomic mass is 35.5. The van der Waals surface area contributed by atoms with Crippen molar-refractivity contribution >= 4 is 18.3 Å². The van der Waals surface area contributed by atoms with E-state index in [1.165, 1.54) is 0 Å². The third-order valence-corrected chi connectivity index (χ3v) is 2.07. The first-order chi connectivity index (χ1) is 7.09. The van der Waals surface area contributed by atoms with Crippen molar-refractivity contribution in [3.05, 3.63) is 30.1 Å². The highest BCUT2D eigenvalue weighted by Gasteiger charge is 2.10. The molecule has 0 spiro atoms. The van der Waals surface area contributed by atoms with Crippen LogP contribution < -0.4 is 11.1 Å². The molecule has 1 amide bonds. The first kappa shape index (κ1) is 14.9. The van der Waals surface area contributed by atoms with Gasteiger partial charge in [-0.1, -0.05) is 6.07 Å². The molecular formula is C11H18ClN3O. The summed E-state index contributed by atoms with van der Waals surface area (Å²) in [6.45, 7) is 3.74. The van der Waals surface area contributed by atoms with Crippen molar-refractivity contribution in [3.63, 3.8) is 0 Å². The van der Waals surface area contributed by atoms with Gasteiger partial charge in [-0.05, 0) is 25.5 Å². The summed E-state index contributed by atoms with van der Waals surface area (Å²) in [5.41, 5.74) is 6.53. The molecule has 5 heteroatoms. The molecule has 0 fully saturated rings. The first-order valence-electron chi connectivity index (χ1n) is 5.04. The van der Waals surface area contributed by atoms with Crippen molar-refractivity contribution in [3.8, 4) is 0 Å². The minimum Gasteiger partial charge on any atom is -0.349 e. The summed E-state index contributed by atoms with van der Waals surface area (Å²) in [4.78, 5) is 15.4. The van der Waals surface area contributed by atoms with Gasteiger partial charge in [0.15, 0.2) is 0 Å². The third-order valence-electron chi connectivity index (χ3n) is 2.07. The molecule has 1 rings (SSSR count). The number of pyridine rings is 1. The summed E-state index contributed by atoms with van der Waals surface area (Å²) >= 11 is 0. The quantitative estimate of drug-likeness (QED) is 0.841. The van der Waals surface area contributed by atoms with Crippen molar-refractivity contribution in [1.82, 2.24) is 10.3 Å². The van der Waals surface area contributed by atoms with Gasteiger partial charge in [0.25, 0.3) is 0 Å². The van der Waals surface area contributed by atoms with Crippen molar-refractivity contribution < 1.29 is 4.79 Å². The highest BCUT2D eigenvalue weighted by molar-refractivity contribution is 5.85. The molecule has 0 aliphatic carbocycles. The molecule has 0 aliphatic rings. The Kier molecular flexibility index (Phi) is 6.69. The van der Waals surface area contributed by atoms with E-state index in [-0.39, 0.29) is 30.4 Å². The van der Waals surface area contributed by atoms with Gasteiger partial charge in [-0.25, -0.2) is 0 Å². The molecule has 3 N–H and O–H groups in total. The fourth-order valence-electron chi connectivity index (χ4n) is 1.31. The molecular weight excluding hydrogens is 226 g/mol. The van der Waals surface area contributed by atoms with Crippen LogP contribution in [0.4, 0.5) is 0 Å². The van der Waals surface area contributed by atoms with Crippen molar-refractivity contribution in [2.45, 2.75) is 32.4 Å². The van der Waals surface area contributed by atoms with E-state index in [2.05, 4.69) is 10.3 Å². The predicted molar refractivity (Wildman–Crippen MR) is 66.3 cm³/mol. The molecule has 16 heavy (non-hydrogen) atoms. The Balaban J connectivity index is 0.00000225. The number of nitrogens with one attached hydrogen (secondary N) is 1. The number of halogens is 1. The Bertz CT molecular complexity index is 316.